The molecular weight excluding hydrogens is 436 g/mol. The molecule has 2 aromatic carbocycles. The number of carbonyl (C=O) groups excluding carboxylic acids is 4. The predicted octanol–water partition coefficient (Wildman–Crippen LogP) is 3.16. The molecule has 33 heavy (non-hydrogen) atoms. The van der Waals surface area contributed by atoms with Crippen molar-refractivity contribution >= 4 is 34.8 Å². The number of carbonyl (C=O) groups is 4. The Kier molecular flexibility index (Phi) is 6.57. The highest BCUT2D eigenvalue weighted by atomic mass is 16.6. The minimum atomic E-state index is -0.788. The van der Waals surface area contributed by atoms with Crippen molar-refractivity contribution < 1.29 is 42.5 Å². The highest BCUT2D eigenvalue weighted by Gasteiger charge is 2.21. The van der Waals surface area contributed by atoms with E-state index in [0.29, 0.717) is 16.5 Å². The van der Waals surface area contributed by atoms with Crippen LogP contribution in [-0.2, 0) is 19.2 Å². The van der Waals surface area contributed by atoms with Crippen molar-refractivity contribution in [3.63, 3.8) is 0 Å². The number of fused-ring (bicyclic) bond motifs is 1. The van der Waals surface area contributed by atoms with Crippen molar-refractivity contribution in [2.45, 2.75) is 27.7 Å². The molecule has 0 spiro atoms. The van der Waals surface area contributed by atoms with Crippen LogP contribution in [0.4, 0.5) is 0 Å². The Morgan fingerprint density at radius 3 is 1.82 bits per heavy atom. The zero-order chi connectivity index (χ0) is 24.3. The fraction of sp³-hybridized carbons (Fsp3) is 0.174. The van der Waals surface area contributed by atoms with Gasteiger partial charge in [0.1, 0.15) is 0 Å². The number of esters is 4. The van der Waals surface area contributed by atoms with Crippen molar-refractivity contribution in [3.05, 3.63) is 46.8 Å². The lowest BCUT2D eigenvalue weighted by atomic mass is 10.0. The van der Waals surface area contributed by atoms with Gasteiger partial charge < -0.3 is 23.4 Å². The van der Waals surface area contributed by atoms with E-state index in [4.69, 9.17) is 23.4 Å². The van der Waals surface area contributed by atoms with E-state index in [1.807, 2.05) is 0 Å². The average molecular weight is 454 g/mol. The third-order valence-corrected chi connectivity index (χ3v) is 4.09. The fourth-order valence-corrected chi connectivity index (χ4v) is 3.05. The van der Waals surface area contributed by atoms with Gasteiger partial charge in [0, 0.05) is 44.7 Å². The summed E-state index contributed by atoms with van der Waals surface area (Å²) in [5.41, 5.74) is -0.200. The maximum absolute atomic E-state index is 12.4. The Morgan fingerprint density at radius 2 is 1.21 bits per heavy atom. The van der Waals surface area contributed by atoms with Crippen LogP contribution in [0.5, 0.6) is 23.0 Å². The molecule has 0 saturated heterocycles. The van der Waals surface area contributed by atoms with E-state index in [-0.39, 0.29) is 28.6 Å². The summed E-state index contributed by atoms with van der Waals surface area (Å²) in [5, 5.41) is 0.329. The number of hydrogen-bond acceptors (Lipinski definition) is 10. The third kappa shape index (κ3) is 5.42. The van der Waals surface area contributed by atoms with Crippen LogP contribution in [-0.4, -0.2) is 23.9 Å². The maximum atomic E-state index is 12.4. The highest BCUT2D eigenvalue weighted by Crippen LogP contribution is 2.41. The van der Waals surface area contributed by atoms with Gasteiger partial charge in [0.25, 0.3) is 0 Å². The van der Waals surface area contributed by atoms with Gasteiger partial charge in [-0.1, -0.05) is 6.07 Å². The van der Waals surface area contributed by atoms with Crippen molar-refractivity contribution in [2.75, 3.05) is 0 Å². The largest absolute Gasteiger partial charge is 0.423 e. The van der Waals surface area contributed by atoms with Crippen molar-refractivity contribution in [2.24, 2.45) is 0 Å². The molecule has 0 radical (unpaired) electrons. The first-order valence-corrected chi connectivity index (χ1v) is 9.54. The van der Waals surface area contributed by atoms with Gasteiger partial charge in [0.05, 0.1) is 0 Å². The lowest BCUT2D eigenvalue weighted by molar-refractivity contribution is -0.134. The van der Waals surface area contributed by atoms with Gasteiger partial charge in [-0.2, -0.15) is 0 Å². The van der Waals surface area contributed by atoms with Gasteiger partial charge in [-0.15, -0.1) is 0 Å². The second-order valence-corrected chi connectivity index (χ2v) is 6.78. The monoisotopic (exact) mass is 454 g/mol. The molecule has 0 aliphatic heterocycles. The van der Waals surface area contributed by atoms with Gasteiger partial charge in [-0.05, 0) is 29.8 Å². The van der Waals surface area contributed by atoms with E-state index in [2.05, 4.69) is 0 Å². The van der Waals surface area contributed by atoms with Crippen LogP contribution in [0.2, 0.25) is 0 Å². The zero-order valence-electron chi connectivity index (χ0n) is 18.0. The number of hydrogen-bond donors (Lipinski definition) is 0. The molecule has 0 aliphatic carbocycles. The van der Waals surface area contributed by atoms with E-state index >= 15 is 0 Å². The molecule has 170 valence electrons. The van der Waals surface area contributed by atoms with E-state index < -0.39 is 29.5 Å². The molecule has 0 aliphatic rings. The lowest BCUT2D eigenvalue weighted by Crippen LogP contribution is -2.09. The van der Waals surface area contributed by atoms with Gasteiger partial charge in [0.2, 0.25) is 5.75 Å². The lowest BCUT2D eigenvalue weighted by Gasteiger charge is -2.14. The van der Waals surface area contributed by atoms with Crippen LogP contribution in [0.1, 0.15) is 27.7 Å². The second kappa shape index (κ2) is 9.35. The van der Waals surface area contributed by atoms with Crippen LogP contribution in [0.25, 0.3) is 22.1 Å². The molecule has 10 nitrogen and oxygen atoms in total. The summed E-state index contributed by atoms with van der Waals surface area (Å²) in [5.74, 6) is -3.07. The smallest absolute Gasteiger partial charge is 0.336 e. The number of benzene rings is 2. The molecule has 3 aromatic rings. The molecule has 1 aromatic heterocycles. The summed E-state index contributed by atoms with van der Waals surface area (Å²) in [4.78, 5) is 58.3. The van der Waals surface area contributed by atoms with Crippen LogP contribution in [0, 0.1) is 0 Å². The van der Waals surface area contributed by atoms with Crippen LogP contribution < -0.4 is 24.6 Å². The fourth-order valence-electron chi connectivity index (χ4n) is 3.05. The van der Waals surface area contributed by atoms with Crippen LogP contribution >= 0.6 is 0 Å². The van der Waals surface area contributed by atoms with E-state index in [1.54, 1.807) is 0 Å². The van der Waals surface area contributed by atoms with Crippen molar-refractivity contribution in [1.29, 1.82) is 0 Å². The number of rotatable bonds is 5. The molecule has 0 bridgehead atoms. The minimum absolute atomic E-state index is 0.00599. The first-order chi connectivity index (χ1) is 15.5. The van der Waals surface area contributed by atoms with E-state index in [9.17, 15) is 24.0 Å². The highest BCUT2D eigenvalue weighted by molar-refractivity contribution is 5.99. The van der Waals surface area contributed by atoms with Crippen molar-refractivity contribution in [1.82, 2.24) is 0 Å². The quantitative estimate of drug-likeness (QED) is 0.321. The third-order valence-electron chi connectivity index (χ3n) is 4.09. The molecule has 0 saturated carbocycles. The first-order valence-electron chi connectivity index (χ1n) is 9.54. The zero-order valence-corrected chi connectivity index (χ0v) is 18.0. The molecule has 0 N–H and O–H groups in total. The van der Waals surface area contributed by atoms with Gasteiger partial charge >= 0.3 is 29.5 Å². The molecule has 1 heterocycles. The molecular formula is C23H18O10. The summed E-state index contributed by atoms with van der Waals surface area (Å²) in [6.45, 7) is 4.67. The average Bonchev–Trinajstić information content (AvgIpc) is 2.69. The second-order valence-electron chi connectivity index (χ2n) is 6.78. The minimum Gasteiger partial charge on any atom is -0.423 e. The molecule has 0 unspecified atom stereocenters. The number of ether oxygens (including phenoxy) is 4. The van der Waals surface area contributed by atoms with Gasteiger partial charge in [-0.3, -0.25) is 19.2 Å². The molecule has 3 rings (SSSR count). The Labute approximate surface area is 186 Å². The Bertz CT molecular complexity index is 1350. The predicted molar refractivity (Wildman–Crippen MR) is 113 cm³/mol. The Balaban J connectivity index is 2.28. The normalized spacial score (nSPS) is 10.4. The van der Waals surface area contributed by atoms with Crippen LogP contribution in [0.15, 0.2) is 45.6 Å². The Hall–Kier alpha value is -4.47. The van der Waals surface area contributed by atoms with Crippen LogP contribution in [0.3, 0.4) is 0 Å². The molecule has 10 heteroatoms. The summed E-state index contributed by atoms with van der Waals surface area (Å²) in [7, 11) is 0. The molecule has 0 fully saturated rings. The Morgan fingerprint density at radius 1 is 0.667 bits per heavy atom. The standard InChI is InChI=1S/C23H18O10/c1-11(24)29-18-7-5-15(9-20(18)31-13(3)26)17-10-21(28)33-22-16(17)6-8-19(30-12(2)25)23(22)32-14(4)27/h5-10H,1-4H3. The summed E-state index contributed by atoms with van der Waals surface area (Å²) >= 11 is 0. The van der Waals surface area contributed by atoms with E-state index in [1.165, 1.54) is 50.2 Å². The summed E-state index contributed by atoms with van der Waals surface area (Å²) in [6.07, 6.45) is 0. The molecule has 0 amide bonds. The SMILES string of the molecule is CC(=O)Oc1ccc(-c2cc(=O)oc3c(OC(C)=O)c(OC(C)=O)ccc23)cc1OC(C)=O. The van der Waals surface area contributed by atoms with Gasteiger partial charge in [-0.25, -0.2) is 4.79 Å². The summed E-state index contributed by atoms with van der Waals surface area (Å²) in [6, 6.07) is 8.40. The maximum Gasteiger partial charge on any atom is 0.336 e. The summed E-state index contributed by atoms with van der Waals surface area (Å²) < 4.78 is 25.7. The van der Waals surface area contributed by atoms with E-state index in [0.717, 1.165) is 13.8 Å². The van der Waals surface area contributed by atoms with Gasteiger partial charge in [0.15, 0.2) is 22.8 Å². The molecule has 0 atom stereocenters. The topological polar surface area (TPSA) is 135 Å². The van der Waals surface area contributed by atoms with Crippen molar-refractivity contribution in [3.8, 4) is 34.1 Å². The first kappa shape index (κ1) is 23.2.